The van der Waals surface area contributed by atoms with E-state index in [4.69, 9.17) is 10.6 Å². The molecular weight excluding hydrogens is 160 g/mol. The van der Waals surface area contributed by atoms with Crippen molar-refractivity contribution in [3.05, 3.63) is 0 Å². The zero-order valence-electron chi connectivity index (χ0n) is 7.53. The highest BCUT2D eigenvalue weighted by atomic mass is 16.6. The zero-order valence-corrected chi connectivity index (χ0v) is 7.53. The number of ether oxygens (including phenoxy) is 1. The molecule has 0 heterocycles. The quantitative estimate of drug-likeness (QED) is 0.283. The number of rotatable bonds is 2. The van der Waals surface area contributed by atoms with E-state index in [1.54, 1.807) is 20.8 Å². The second-order valence-corrected chi connectivity index (χ2v) is 3.30. The third-order valence-electron chi connectivity index (χ3n) is 0.899. The molecule has 0 saturated carbocycles. The van der Waals surface area contributed by atoms with Crippen molar-refractivity contribution in [1.82, 2.24) is 5.01 Å². The number of carbonyl (C=O) groups is 2. The van der Waals surface area contributed by atoms with Crippen LogP contribution in [0.1, 0.15) is 20.8 Å². The Morgan fingerprint density at radius 2 is 2.08 bits per heavy atom. The van der Waals surface area contributed by atoms with Gasteiger partial charge in [0.2, 0.25) is 0 Å². The van der Waals surface area contributed by atoms with Crippen LogP contribution < -0.4 is 5.84 Å². The Balaban J connectivity index is 3.95. The molecular formula is C7H14N2O3. The highest BCUT2D eigenvalue weighted by Gasteiger charge is 2.19. The van der Waals surface area contributed by atoms with E-state index in [1.807, 2.05) is 0 Å². The smallest absolute Gasteiger partial charge is 0.424 e. The molecule has 5 nitrogen and oxygen atoms in total. The van der Waals surface area contributed by atoms with Crippen LogP contribution in [-0.4, -0.2) is 29.5 Å². The van der Waals surface area contributed by atoms with E-state index in [2.05, 4.69) is 0 Å². The Morgan fingerprint density at radius 3 is 2.42 bits per heavy atom. The molecule has 0 aromatic carbocycles. The van der Waals surface area contributed by atoms with E-state index < -0.39 is 11.7 Å². The van der Waals surface area contributed by atoms with Crippen molar-refractivity contribution in [1.29, 1.82) is 0 Å². The lowest BCUT2D eigenvalue weighted by Crippen LogP contribution is -2.42. The summed E-state index contributed by atoms with van der Waals surface area (Å²) in [5.74, 6) is 5.16. The summed E-state index contributed by atoms with van der Waals surface area (Å²) in [6.45, 7) is 5.01. The van der Waals surface area contributed by atoms with Gasteiger partial charge < -0.3 is 9.53 Å². The van der Waals surface area contributed by atoms with Crippen LogP contribution in [0.3, 0.4) is 0 Å². The van der Waals surface area contributed by atoms with E-state index in [0.717, 1.165) is 5.01 Å². The Kier molecular flexibility index (Phi) is 3.69. The minimum atomic E-state index is -0.699. The topological polar surface area (TPSA) is 72.6 Å². The summed E-state index contributed by atoms with van der Waals surface area (Å²) < 4.78 is 4.86. The monoisotopic (exact) mass is 174 g/mol. The van der Waals surface area contributed by atoms with Gasteiger partial charge in [0.15, 0.2) is 0 Å². The van der Waals surface area contributed by atoms with Crippen LogP contribution in [0, 0.1) is 0 Å². The van der Waals surface area contributed by atoms with Gasteiger partial charge in [-0.2, -0.15) is 0 Å². The Hall–Kier alpha value is -1.10. The van der Waals surface area contributed by atoms with Crippen molar-refractivity contribution in [2.45, 2.75) is 26.4 Å². The molecule has 0 aliphatic carbocycles. The third kappa shape index (κ3) is 4.68. The molecule has 12 heavy (non-hydrogen) atoms. The van der Waals surface area contributed by atoms with E-state index in [1.165, 1.54) is 0 Å². The number of hydrazine groups is 1. The first-order chi connectivity index (χ1) is 5.37. The van der Waals surface area contributed by atoms with Gasteiger partial charge in [-0.1, -0.05) is 0 Å². The van der Waals surface area contributed by atoms with E-state index in [9.17, 15) is 9.59 Å². The van der Waals surface area contributed by atoms with Gasteiger partial charge >= 0.3 is 6.09 Å². The van der Waals surface area contributed by atoms with Gasteiger partial charge in [-0.25, -0.2) is 15.6 Å². The van der Waals surface area contributed by atoms with Gasteiger partial charge in [0.1, 0.15) is 11.9 Å². The molecule has 0 saturated heterocycles. The molecule has 0 atom stereocenters. The molecule has 0 rings (SSSR count). The number of hydrogen-bond acceptors (Lipinski definition) is 4. The molecule has 0 aliphatic heterocycles. The lowest BCUT2D eigenvalue weighted by Gasteiger charge is -2.22. The summed E-state index contributed by atoms with van der Waals surface area (Å²) >= 11 is 0. The van der Waals surface area contributed by atoms with Gasteiger partial charge in [-0.15, -0.1) is 0 Å². The van der Waals surface area contributed by atoms with Crippen LogP contribution in [0.15, 0.2) is 0 Å². The van der Waals surface area contributed by atoms with Crippen LogP contribution in [0.5, 0.6) is 0 Å². The number of amides is 1. The maximum Gasteiger partial charge on any atom is 0.424 e. The second kappa shape index (κ2) is 4.06. The molecule has 0 aromatic rings. The van der Waals surface area contributed by atoms with Crippen molar-refractivity contribution >= 4 is 12.4 Å². The molecule has 0 spiro atoms. The number of nitrogens with two attached hydrogens (primary N) is 1. The zero-order chi connectivity index (χ0) is 9.78. The Bertz CT molecular complexity index is 174. The lowest BCUT2D eigenvalue weighted by atomic mass is 10.2. The molecule has 2 N–H and O–H groups in total. The average molecular weight is 174 g/mol. The fourth-order valence-electron chi connectivity index (χ4n) is 0.475. The van der Waals surface area contributed by atoms with Gasteiger partial charge in [0, 0.05) is 0 Å². The lowest BCUT2D eigenvalue weighted by molar-refractivity contribution is -0.109. The van der Waals surface area contributed by atoms with Crippen molar-refractivity contribution < 1.29 is 14.3 Å². The summed E-state index contributed by atoms with van der Waals surface area (Å²) in [6.07, 6.45) is -0.168. The van der Waals surface area contributed by atoms with Crippen LogP contribution in [0.4, 0.5) is 4.79 Å². The third-order valence-corrected chi connectivity index (χ3v) is 0.899. The average Bonchev–Trinajstić information content (AvgIpc) is 1.84. The number of carbonyl (C=O) groups excluding carboxylic acids is 2. The van der Waals surface area contributed by atoms with Crippen molar-refractivity contribution in [3.63, 3.8) is 0 Å². The van der Waals surface area contributed by atoms with E-state index in [-0.39, 0.29) is 6.54 Å². The van der Waals surface area contributed by atoms with E-state index in [0.29, 0.717) is 6.29 Å². The van der Waals surface area contributed by atoms with Gasteiger partial charge in [-0.05, 0) is 20.8 Å². The summed E-state index contributed by atoms with van der Waals surface area (Å²) in [6, 6.07) is 0. The Morgan fingerprint density at radius 1 is 1.58 bits per heavy atom. The first kappa shape index (κ1) is 10.9. The molecule has 1 amide bonds. The molecule has 0 fully saturated rings. The van der Waals surface area contributed by atoms with E-state index >= 15 is 0 Å². The van der Waals surface area contributed by atoms with Crippen LogP contribution >= 0.6 is 0 Å². The van der Waals surface area contributed by atoms with Crippen molar-refractivity contribution in [2.24, 2.45) is 5.84 Å². The minimum absolute atomic E-state index is 0.158. The maximum absolute atomic E-state index is 11.0. The van der Waals surface area contributed by atoms with Crippen LogP contribution in [0.25, 0.3) is 0 Å². The summed E-state index contributed by atoms with van der Waals surface area (Å²) in [4.78, 5) is 20.9. The van der Waals surface area contributed by atoms with Crippen molar-refractivity contribution in [3.8, 4) is 0 Å². The second-order valence-electron chi connectivity index (χ2n) is 3.30. The minimum Gasteiger partial charge on any atom is -0.443 e. The highest BCUT2D eigenvalue weighted by molar-refractivity contribution is 5.70. The molecule has 5 heteroatoms. The fraction of sp³-hybridized carbons (Fsp3) is 0.714. The molecule has 70 valence electrons. The summed E-state index contributed by atoms with van der Waals surface area (Å²) in [5.41, 5.74) is -0.586. The number of nitrogens with zero attached hydrogens (tertiary/aromatic N) is 1. The van der Waals surface area contributed by atoms with Gasteiger partial charge in [0.05, 0.1) is 6.54 Å². The molecule has 0 bridgehead atoms. The normalized spacial score (nSPS) is 10.7. The fourth-order valence-corrected chi connectivity index (χ4v) is 0.475. The Labute approximate surface area is 71.4 Å². The maximum atomic E-state index is 11.0. The molecule has 0 unspecified atom stereocenters. The predicted molar refractivity (Wildman–Crippen MR) is 43.2 cm³/mol. The van der Waals surface area contributed by atoms with Crippen LogP contribution in [-0.2, 0) is 9.53 Å². The predicted octanol–water partition coefficient (Wildman–Crippen LogP) is 0.296. The van der Waals surface area contributed by atoms with Crippen molar-refractivity contribution in [2.75, 3.05) is 6.54 Å². The highest BCUT2D eigenvalue weighted by Crippen LogP contribution is 2.07. The molecule has 0 aliphatic rings. The number of hydrogen-bond donors (Lipinski definition) is 1. The SMILES string of the molecule is CC(C)(C)OC(=O)N(N)CC=O. The van der Waals surface area contributed by atoms with Crippen LogP contribution in [0.2, 0.25) is 0 Å². The molecule has 0 radical (unpaired) electrons. The van der Waals surface area contributed by atoms with Gasteiger partial charge in [0.25, 0.3) is 0 Å². The standard InChI is InChI=1S/C7H14N2O3/c1-7(2,3)12-6(11)9(8)4-5-10/h5H,4,8H2,1-3H3. The summed E-state index contributed by atoms with van der Waals surface area (Å²) in [5, 5.41) is 0.720. The molecule has 0 aromatic heterocycles. The first-order valence-electron chi connectivity index (χ1n) is 3.55. The summed E-state index contributed by atoms with van der Waals surface area (Å²) in [7, 11) is 0. The number of aldehydes is 1. The first-order valence-corrected chi connectivity index (χ1v) is 3.55. The van der Waals surface area contributed by atoms with Gasteiger partial charge in [-0.3, -0.25) is 0 Å². The largest absolute Gasteiger partial charge is 0.443 e.